The zero-order chi connectivity index (χ0) is 15.4. The standard InChI is InChI=1S/C16H27N3O2/c1-12-10-15(13(2)19(12)8-7-18(3)4)16(20)17-11-14-6-5-9-21-14/h10,14H,5-9,11H2,1-4H3,(H,17,20). The van der Waals surface area contributed by atoms with Gasteiger partial charge in [0.05, 0.1) is 11.7 Å². The number of carbonyl (C=O) groups excluding carboxylic acids is 1. The van der Waals surface area contributed by atoms with Gasteiger partial charge in [-0.2, -0.15) is 0 Å². The molecule has 21 heavy (non-hydrogen) atoms. The fourth-order valence-corrected chi connectivity index (χ4v) is 2.78. The van der Waals surface area contributed by atoms with E-state index in [4.69, 9.17) is 4.74 Å². The Balaban J connectivity index is 1.98. The number of ether oxygens (including phenoxy) is 1. The molecule has 1 N–H and O–H groups in total. The Morgan fingerprint density at radius 2 is 2.24 bits per heavy atom. The Bertz CT molecular complexity index is 488. The summed E-state index contributed by atoms with van der Waals surface area (Å²) in [5.74, 6) is 0.00898. The predicted octanol–water partition coefficient (Wildman–Crippen LogP) is 1.58. The maximum absolute atomic E-state index is 12.3. The van der Waals surface area contributed by atoms with Crippen molar-refractivity contribution < 1.29 is 9.53 Å². The summed E-state index contributed by atoms with van der Waals surface area (Å²) in [6.45, 7) is 7.37. The fourth-order valence-electron chi connectivity index (χ4n) is 2.78. The number of carbonyl (C=O) groups is 1. The van der Waals surface area contributed by atoms with E-state index in [-0.39, 0.29) is 12.0 Å². The van der Waals surface area contributed by atoms with Crippen molar-refractivity contribution in [3.63, 3.8) is 0 Å². The second-order valence-corrected chi connectivity index (χ2v) is 6.08. The van der Waals surface area contributed by atoms with E-state index >= 15 is 0 Å². The molecule has 1 unspecified atom stereocenters. The van der Waals surface area contributed by atoms with Gasteiger partial charge in [-0.15, -0.1) is 0 Å². The van der Waals surface area contributed by atoms with Crippen LogP contribution in [-0.4, -0.2) is 55.3 Å². The molecule has 5 heteroatoms. The van der Waals surface area contributed by atoms with Crippen molar-refractivity contribution in [2.24, 2.45) is 0 Å². The molecular weight excluding hydrogens is 266 g/mol. The summed E-state index contributed by atoms with van der Waals surface area (Å²) in [5, 5.41) is 3.00. The summed E-state index contributed by atoms with van der Waals surface area (Å²) >= 11 is 0. The molecule has 2 heterocycles. The van der Waals surface area contributed by atoms with Gasteiger partial charge in [-0.3, -0.25) is 4.79 Å². The highest BCUT2D eigenvalue weighted by Gasteiger charge is 2.19. The molecule has 0 radical (unpaired) electrons. The minimum absolute atomic E-state index is 0.00898. The van der Waals surface area contributed by atoms with Crippen LogP contribution in [-0.2, 0) is 11.3 Å². The smallest absolute Gasteiger partial charge is 0.253 e. The van der Waals surface area contributed by atoms with E-state index in [2.05, 4.69) is 35.8 Å². The summed E-state index contributed by atoms with van der Waals surface area (Å²) in [4.78, 5) is 14.5. The molecule has 1 saturated heterocycles. The Hall–Kier alpha value is -1.33. The van der Waals surface area contributed by atoms with Crippen LogP contribution in [0.1, 0.15) is 34.6 Å². The molecular formula is C16H27N3O2. The molecule has 1 aromatic heterocycles. The normalized spacial score (nSPS) is 18.4. The molecule has 0 saturated carbocycles. The average Bonchev–Trinajstić information content (AvgIpc) is 3.03. The fraction of sp³-hybridized carbons (Fsp3) is 0.688. The molecule has 118 valence electrons. The lowest BCUT2D eigenvalue weighted by atomic mass is 10.2. The Kier molecular flexibility index (Phi) is 5.42. The number of aromatic nitrogens is 1. The van der Waals surface area contributed by atoms with Gasteiger partial charge in [-0.1, -0.05) is 0 Å². The highest BCUT2D eigenvalue weighted by atomic mass is 16.5. The van der Waals surface area contributed by atoms with Crippen LogP contribution in [0.4, 0.5) is 0 Å². The van der Waals surface area contributed by atoms with Crippen LogP contribution >= 0.6 is 0 Å². The Labute approximate surface area is 127 Å². The molecule has 2 rings (SSSR count). The molecule has 0 aromatic carbocycles. The van der Waals surface area contributed by atoms with Crippen LogP contribution < -0.4 is 5.32 Å². The van der Waals surface area contributed by atoms with Gasteiger partial charge in [0.2, 0.25) is 0 Å². The highest BCUT2D eigenvalue weighted by molar-refractivity contribution is 5.95. The van der Waals surface area contributed by atoms with E-state index < -0.39 is 0 Å². The first-order chi connectivity index (χ1) is 9.99. The zero-order valence-corrected chi connectivity index (χ0v) is 13.6. The van der Waals surface area contributed by atoms with Crippen molar-refractivity contribution in [2.45, 2.75) is 39.3 Å². The molecule has 5 nitrogen and oxygen atoms in total. The third-order valence-corrected chi connectivity index (χ3v) is 4.10. The predicted molar refractivity (Wildman–Crippen MR) is 83.8 cm³/mol. The zero-order valence-electron chi connectivity index (χ0n) is 13.6. The maximum Gasteiger partial charge on any atom is 0.253 e. The first kappa shape index (κ1) is 16.0. The lowest BCUT2D eigenvalue weighted by Gasteiger charge is -2.14. The van der Waals surface area contributed by atoms with Gasteiger partial charge in [0.1, 0.15) is 0 Å². The second-order valence-electron chi connectivity index (χ2n) is 6.08. The lowest BCUT2D eigenvalue weighted by Crippen LogP contribution is -2.32. The number of nitrogens with zero attached hydrogens (tertiary/aromatic N) is 2. The first-order valence-electron chi connectivity index (χ1n) is 7.70. The number of hydrogen-bond acceptors (Lipinski definition) is 3. The maximum atomic E-state index is 12.3. The topological polar surface area (TPSA) is 46.5 Å². The summed E-state index contributed by atoms with van der Waals surface area (Å²) in [7, 11) is 4.12. The second kappa shape index (κ2) is 7.09. The van der Waals surface area contributed by atoms with Gasteiger partial charge < -0.3 is 19.5 Å². The number of aryl methyl sites for hydroxylation is 1. The van der Waals surface area contributed by atoms with E-state index in [0.717, 1.165) is 49.5 Å². The molecule has 1 aliphatic rings. The van der Waals surface area contributed by atoms with Gasteiger partial charge >= 0.3 is 0 Å². The van der Waals surface area contributed by atoms with Crippen molar-refractivity contribution >= 4 is 5.91 Å². The lowest BCUT2D eigenvalue weighted by molar-refractivity contribution is 0.0857. The summed E-state index contributed by atoms with van der Waals surface area (Å²) < 4.78 is 7.75. The monoisotopic (exact) mass is 293 g/mol. The van der Waals surface area contributed by atoms with E-state index in [0.29, 0.717) is 6.54 Å². The molecule has 1 aromatic rings. The molecule has 0 spiro atoms. The van der Waals surface area contributed by atoms with Crippen molar-refractivity contribution in [3.8, 4) is 0 Å². The van der Waals surface area contributed by atoms with E-state index in [1.807, 2.05) is 13.0 Å². The summed E-state index contributed by atoms with van der Waals surface area (Å²) in [6, 6.07) is 1.98. The van der Waals surface area contributed by atoms with Gasteiger partial charge in [0, 0.05) is 37.6 Å². The van der Waals surface area contributed by atoms with Crippen molar-refractivity contribution in [2.75, 3.05) is 33.8 Å². The van der Waals surface area contributed by atoms with Crippen molar-refractivity contribution in [3.05, 3.63) is 23.0 Å². The van der Waals surface area contributed by atoms with Crippen molar-refractivity contribution in [1.82, 2.24) is 14.8 Å². The SMILES string of the molecule is Cc1cc(C(=O)NCC2CCCO2)c(C)n1CCN(C)C. The molecule has 1 fully saturated rings. The van der Waals surface area contributed by atoms with Crippen LogP contribution in [0.2, 0.25) is 0 Å². The van der Waals surface area contributed by atoms with Crippen molar-refractivity contribution in [1.29, 1.82) is 0 Å². The molecule has 1 aliphatic heterocycles. The number of nitrogens with one attached hydrogen (secondary N) is 1. The number of likely N-dealkylation sites (N-methyl/N-ethyl adjacent to an activating group) is 1. The van der Waals surface area contributed by atoms with Crippen LogP contribution in [0, 0.1) is 13.8 Å². The highest BCUT2D eigenvalue weighted by Crippen LogP contribution is 2.16. The quantitative estimate of drug-likeness (QED) is 0.866. The van der Waals surface area contributed by atoms with E-state index in [1.165, 1.54) is 0 Å². The van der Waals surface area contributed by atoms with Gasteiger partial charge in [-0.05, 0) is 46.9 Å². The van der Waals surface area contributed by atoms with E-state index in [1.54, 1.807) is 0 Å². The van der Waals surface area contributed by atoms with Crippen LogP contribution in [0.5, 0.6) is 0 Å². The van der Waals surface area contributed by atoms with Gasteiger partial charge in [0.25, 0.3) is 5.91 Å². The third kappa shape index (κ3) is 4.08. The van der Waals surface area contributed by atoms with Gasteiger partial charge in [-0.25, -0.2) is 0 Å². The Morgan fingerprint density at radius 3 is 2.86 bits per heavy atom. The molecule has 1 amide bonds. The molecule has 1 atom stereocenters. The van der Waals surface area contributed by atoms with Crippen LogP contribution in [0.25, 0.3) is 0 Å². The first-order valence-corrected chi connectivity index (χ1v) is 7.70. The summed E-state index contributed by atoms with van der Waals surface area (Å²) in [5.41, 5.74) is 2.96. The number of amides is 1. The van der Waals surface area contributed by atoms with Crippen LogP contribution in [0.3, 0.4) is 0 Å². The largest absolute Gasteiger partial charge is 0.376 e. The summed E-state index contributed by atoms with van der Waals surface area (Å²) in [6.07, 6.45) is 2.33. The average molecular weight is 293 g/mol. The number of rotatable bonds is 6. The minimum Gasteiger partial charge on any atom is -0.376 e. The van der Waals surface area contributed by atoms with Gasteiger partial charge in [0.15, 0.2) is 0 Å². The Morgan fingerprint density at radius 1 is 1.48 bits per heavy atom. The third-order valence-electron chi connectivity index (χ3n) is 4.10. The van der Waals surface area contributed by atoms with Crippen LogP contribution in [0.15, 0.2) is 6.07 Å². The molecule has 0 bridgehead atoms. The van der Waals surface area contributed by atoms with E-state index in [9.17, 15) is 4.79 Å². The molecule has 0 aliphatic carbocycles. The number of hydrogen-bond donors (Lipinski definition) is 1. The minimum atomic E-state index is 0.00898.